The van der Waals surface area contributed by atoms with E-state index in [1.54, 1.807) is 7.11 Å². The van der Waals surface area contributed by atoms with E-state index in [1.807, 2.05) is 46.2 Å². The largest absolute Gasteiger partial charge is 0.497 e. The van der Waals surface area contributed by atoms with Crippen LogP contribution in [0.15, 0.2) is 48.5 Å². The lowest BCUT2D eigenvalue weighted by molar-refractivity contribution is -0.217. The Morgan fingerprint density at radius 2 is 1.67 bits per heavy atom. The summed E-state index contributed by atoms with van der Waals surface area (Å²) in [6.07, 6.45) is -0.591. The molecule has 4 rings (SSSR count). The lowest BCUT2D eigenvalue weighted by Crippen LogP contribution is -2.47. The number of carbonyl (C=O) groups is 1. The average Bonchev–Trinajstić information content (AvgIpc) is 2.96. The summed E-state index contributed by atoms with van der Waals surface area (Å²) in [5, 5.41) is 9.02. The minimum Gasteiger partial charge on any atom is -0.497 e. The highest BCUT2D eigenvalue weighted by Gasteiger charge is 2.48. The van der Waals surface area contributed by atoms with Crippen LogP contribution in [0, 0.1) is 5.41 Å². The molecule has 0 bridgehead atoms. The monoisotopic (exact) mass is 634 g/mol. The number of hydrogen-bond acceptors (Lipinski definition) is 6. The first kappa shape index (κ1) is 35.0. The van der Waals surface area contributed by atoms with E-state index in [0.717, 1.165) is 42.6 Å². The Balaban J connectivity index is 1.48. The molecule has 10 heteroatoms. The zero-order chi connectivity index (χ0) is 32.9. The van der Waals surface area contributed by atoms with Gasteiger partial charge in [-0.05, 0) is 102 Å². The Morgan fingerprint density at radius 1 is 1.04 bits per heavy atom. The van der Waals surface area contributed by atoms with Gasteiger partial charge in [0.25, 0.3) is 0 Å². The van der Waals surface area contributed by atoms with E-state index in [0.29, 0.717) is 45.0 Å². The van der Waals surface area contributed by atoms with Crippen molar-refractivity contribution in [3.05, 3.63) is 59.7 Å². The number of alkyl halides is 3. The molecule has 1 atom stereocenters. The summed E-state index contributed by atoms with van der Waals surface area (Å²) in [6, 6.07) is 15.7. The molecule has 2 heterocycles. The number of likely N-dealkylation sites (tertiary alicyclic amines) is 1. The van der Waals surface area contributed by atoms with Crippen molar-refractivity contribution in [2.45, 2.75) is 89.6 Å². The Bertz CT molecular complexity index is 1240. The van der Waals surface area contributed by atoms with Gasteiger partial charge in [-0.3, -0.25) is 14.6 Å². The van der Waals surface area contributed by atoms with Crippen molar-refractivity contribution in [2.24, 2.45) is 5.41 Å². The van der Waals surface area contributed by atoms with Gasteiger partial charge in [0.1, 0.15) is 17.6 Å². The highest BCUT2D eigenvalue weighted by Crippen LogP contribution is 2.45. The molecule has 7 nitrogen and oxygen atoms in total. The third kappa shape index (κ3) is 9.59. The number of ether oxygens (including phenoxy) is 3. The Morgan fingerprint density at radius 3 is 2.22 bits per heavy atom. The van der Waals surface area contributed by atoms with E-state index < -0.39 is 17.6 Å². The molecule has 45 heavy (non-hydrogen) atoms. The minimum atomic E-state index is -4.34. The minimum absolute atomic E-state index is 0.00264. The van der Waals surface area contributed by atoms with Crippen LogP contribution in [-0.2, 0) is 21.5 Å². The van der Waals surface area contributed by atoms with Crippen molar-refractivity contribution in [3.63, 3.8) is 0 Å². The number of nitrogens with zero attached hydrogens (tertiary/aromatic N) is 2. The molecule has 0 amide bonds. The van der Waals surface area contributed by atoms with E-state index in [-0.39, 0.29) is 30.2 Å². The second kappa shape index (κ2) is 14.3. The molecule has 0 unspecified atom stereocenters. The van der Waals surface area contributed by atoms with Gasteiger partial charge in [-0.2, -0.15) is 13.2 Å². The van der Waals surface area contributed by atoms with Gasteiger partial charge in [0.15, 0.2) is 0 Å². The molecular formula is C35H49F3N2O5. The second-order valence-electron chi connectivity index (χ2n) is 14.0. The summed E-state index contributed by atoms with van der Waals surface area (Å²) in [5.41, 5.74) is -0.399. The van der Waals surface area contributed by atoms with E-state index >= 15 is 0 Å². The van der Waals surface area contributed by atoms with Crippen LogP contribution in [0.2, 0.25) is 0 Å². The van der Waals surface area contributed by atoms with Crippen LogP contribution in [0.5, 0.6) is 11.5 Å². The summed E-state index contributed by atoms with van der Waals surface area (Å²) in [5.74, 6) is 0.649. The standard InChI is InChI=1S/C35H49F3N2O5/c1-32(2,35(36,37)38)25-40(20-16-34(17-21-44-33(3,4)24-34)27-8-12-28(43-5)13-9-27)22-26-6-10-29(11-7-26)45-30-14-18-39(19-15-30)23-31(41)42/h6-13,30H,14-25H2,1-5H3,(H,41,42)/t34-/m1/s1. The molecule has 2 aromatic carbocycles. The number of aliphatic carboxylic acids is 1. The lowest BCUT2D eigenvalue weighted by atomic mass is 9.67. The van der Waals surface area contributed by atoms with Crippen LogP contribution < -0.4 is 9.47 Å². The zero-order valence-corrected chi connectivity index (χ0v) is 27.3. The maximum absolute atomic E-state index is 14.1. The Labute approximate surface area is 265 Å². The van der Waals surface area contributed by atoms with Gasteiger partial charge in [-0.15, -0.1) is 0 Å². The smallest absolute Gasteiger partial charge is 0.395 e. The fraction of sp³-hybridized carbons (Fsp3) is 0.629. The molecule has 250 valence electrons. The number of rotatable bonds is 13. The number of benzene rings is 2. The first-order chi connectivity index (χ1) is 21.1. The maximum atomic E-state index is 14.1. The van der Waals surface area contributed by atoms with Gasteiger partial charge >= 0.3 is 12.1 Å². The summed E-state index contributed by atoms with van der Waals surface area (Å²) < 4.78 is 59.9. The van der Waals surface area contributed by atoms with E-state index in [4.69, 9.17) is 19.3 Å². The molecule has 2 aliphatic heterocycles. The average molecular weight is 635 g/mol. The van der Waals surface area contributed by atoms with Crippen LogP contribution in [0.3, 0.4) is 0 Å². The predicted molar refractivity (Wildman–Crippen MR) is 168 cm³/mol. The Kier molecular flexibility index (Phi) is 11.1. The summed E-state index contributed by atoms with van der Waals surface area (Å²) in [6.45, 7) is 9.42. The predicted octanol–water partition coefficient (Wildman–Crippen LogP) is 6.93. The van der Waals surface area contributed by atoms with Crippen LogP contribution in [-0.4, -0.2) is 85.2 Å². The van der Waals surface area contributed by atoms with E-state index in [9.17, 15) is 18.0 Å². The summed E-state index contributed by atoms with van der Waals surface area (Å²) in [4.78, 5) is 14.8. The van der Waals surface area contributed by atoms with Gasteiger partial charge < -0.3 is 19.3 Å². The number of piperidine rings is 1. The molecule has 0 spiro atoms. The quantitative estimate of drug-likeness (QED) is 0.256. The van der Waals surface area contributed by atoms with Crippen molar-refractivity contribution >= 4 is 5.97 Å². The zero-order valence-electron chi connectivity index (χ0n) is 27.3. The van der Waals surface area contributed by atoms with Gasteiger partial charge in [-0.1, -0.05) is 24.3 Å². The molecule has 2 aromatic rings. The number of methoxy groups -OCH3 is 1. The number of carboxylic acid groups (broad SMARTS) is 1. The van der Waals surface area contributed by atoms with Crippen LogP contribution in [0.25, 0.3) is 0 Å². The first-order valence-corrected chi connectivity index (χ1v) is 15.9. The summed E-state index contributed by atoms with van der Waals surface area (Å²) in [7, 11) is 1.63. The maximum Gasteiger partial charge on any atom is 0.395 e. The number of halogens is 3. The van der Waals surface area contributed by atoms with Gasteiger partial charge in [0.2, 0.25) is 0 Å². The van der Waals surface area contributed by atoms with Crippen LogP contribution in [0.1, 0.15) is 70.9 Å². The van der Waals surface area contributed by atoms with Gasteiger partial charge in [-0.25, -0.2) is 0 Å². The lowest BCUT2D eigenvalue weighted by Gasteiger charge is -2.46. The summed E-state index contributed by atoms with van der Waals surface area (Å²) >= 11 is 0. The fourth-order valence-corrected chi connectivity index (χ4v) is 6.76. The molecule has 0 aromatic heterocycles. The third-order valence-electron chi connectivity index (χ3n) is 9.36. The highest BCUT2D eigenvalue weighted by molar-refractivity contribution is 5.69. The topological polar surface area (TPSA) is 71.5 Å². The number of hydrogen-bond donors (Lipinski definition) is 1. The van der Waals surface area contributed by atoms with Crippen LogP contribution >= 0.6 is 0 Å². The molecule has 2 aliphatic rings. The third-order valence-corrected chi connectivity index (χ3v) is 9.36. The van der Waals surface area contributed by atoms with E-state index in [1.165, 1.54) is 13.8 Å². The molecule has 1 N–H and O–H groups in total. The Hall–Kier alpha value is -2.82. The van der Waals surface area contributed by atoms with Crippen molar-refractivity contribution in [3.8, 4) is 11.5 Å². The SMILES string of the molecule is COc1ccc([C@]2(CCN(Cc3ccc(OC4CCN(CC(=O)O)CC4)cc3)CC(C)(C)C(F)(F)F)CCOC(C)(C)C2)cc1. The van der Waals surface area contributed by atoms with E-state index in [2.05, 4.69) is 26.0 Å². The van der Waals surface area contributed by atoms with Crippen molar-refractivity contribution in [1.82, 2.24) is 9.80 Å². The van der Waals surface area contributed by atoms with Crippen molar-refractivity contribution in [2.75, 3.05) is 46.4 Å². The highest BCUT2D eigenvalue weighted by atomic mass is 19.4. The second-order valence-corrected chi connectivity index (χ2v) is 14.0. The fourth-order valence-electron chi connectivity index (χ4n) is 6.76. The molecule has 2 fully saturated rings. The van der Waals surface area contributed by atoms with Crippen molar-refractivity contribution in [1.29, 1.82) is 0 Å². The van der Waals surface area contributed by atoms with Gasteiger partial charge in [0.05, 0.1) is 24.7 Å². The first-order valence-electron chi connectivity index (χ1n) is 15.9. The van der Waals surface area contributed by atoms with Crippen LogP contribution in [0.4, 0.5) is 13.2 Å². The molecular weight excluding hydrogens is 585 g/mol. The van der Waals surface area contributed by atoms with Crippen molar-refractivity contribution < 1.29 is 37.3 Å². The molecule has 0 radical (unpaired) electrons. The molecule has 0 aliphatic carbocycles. The van der Waals surface area contributed by atoms with Gasteiger partial charge in [0, 0.05) is 38.2 Å². The normalized spacial score (nSPS) is 21.5. The molecule has 2 saturated heterocycles. The number of carboxylic acids is 1. The molecule has 0 saturated carbocycles.